The van der Waals surface area contributed by atoms with Crippen molar-refractivity contribution in [2.75, 3.05) is 27.3 Å². The number of rotatable bonds is 4. The van der Waals surface area contributed by atoms with Gasteiger partial charge in [-0.1, -0.05) is 0 Å². The molecule has 8 heteroatoms. The van der Waals surface area contributed by atoms with Gasteiger partial charge in [0.05, 0.1) is 23.9 Å². The van der Waals surface area contributed by atoms with E-state index in [1.807, 2.05) is 0 Å². The van der Waals surface area contributed by atoms with Gasteiger partial charge in [-0.15, -0.1) is 0 Å². The van der Waals surface area contributed by atoms with Crippen LogP contribution in [0.4, 0.5) is 0 Å². The van der Waals surface area contributed by atoms with Crippen LogP contribution in [0.5, 0.6) is 5.88 Å². The van der Waals surface area contributed by atoms with E-state index < -0.39 is 10.0 Å². The van der Waals surface area contributed by atoms with Gasteiger partial charge in [0.2, 0.25) is 15.9 Å². The first-order valence-electron chi connectivity index (χ1n) is 5.73. The van der Waals surface area contributed by atoms with Gasteiger partial charge in [-0.05, 0) is 22.0 Å². The Morgan fingerprint density at radius 2 is 2.26 bits per heavy atom. The summed E-state index contributed by atoms with van der Waals surface area (Å²) in [4.78, 5) is 4.18. The molecule has 0 bridgehead atoms. The molecule has 106 valence electrons. The van der Waals surface area contributed by atoms with Crippen LogP contribution in [0.15, 0.2) is 21.6 Å². The molecule has 1 aromatic heterocycles. The van der Waals surface area contributed by atoms with Gasteiger partial charge in [0, 0.05) is 20.5 Å². The Bertz CT molecular complexity index is 556. The van der Waals surface area contributed by atoms with Crippen LogP contribution in [0.2, 0.25) is 0 Å². The minimum Gasteiger partial charge on any atom is -0.471 e. The Morgan fingerprint density at radius 3 is 2.79 bits per heavy atom. The van der Waals surface area contributed by atoms with Crippen LogP contribution in [0.1, 0.15) is 6.42 Å². The van der Waals surface area contributed by atoms with E-state index >= 15 is 0 Å². The summed E-state index contributed by atoms with van der Waals surface area (Å²) in [6.07, 6.45) is 2.08. The second-order valence-corrected chi connectivity index (χ2v) is 7.36. The van der Waals surface area contributed by atoms with Crippen LogP contribution < -0.4 is 4.74 Å². The molecule has 0 N–H and O–H groups in total. The summed E-state index contributed by atoms with van der Waals surface area (Å²) in [6, 6.07) is 1.49. The van der Waals surface area contributed by atoms with Crippen molar-refractivity contribution in [3.63, 3.8) is 0 Å². The maximum atomic E-state index is 11.9. The van der Waals surface area contributed by atoms with Crippen LogP contribution >= 0.6 is 15.9 Å². The number of halogens is 1. The average molecular weight is 351 g/mol. The zero-order chi connectivity index (χ0) is 14.0. The molecular weight excluding hydrogens is 336 g/mol. The van der Waals surface area contributed by atoms with Gasteiger partial charge < -0.3 is 9.47 Å². The van der Waals surface area contributed by atoms with Gasteiger partial charge in [0.1, 0.15) is 11.0 Å². The van der Waals surface area contributed by atoms with Crippen LogP contribution in [0.3, 0.4) is 0 Å². The summed E-state index contributed by atoms with van der Waals surface area (Å²) < 4.78 is 36.4. The minimum absolute atomic E-state index is 0.0277. The number of nitrogens with zero attached hydrogens (tertiary/aromatic N) is 2. The second-order valence-electron chi connectivity index (χ2n) is 4.35. The quantitative estimate of drug-likeness (QED) is 0.817. The minimum atomic E-state index is -3.48. The summed E-state index contributed by atoms with van der Waals surface area (Å²) in [5.41, 5.74) is 0. The number of sulfonamides is 1. The Balaban J connectivity index is 2.22. The molecule has 1 aliphatic heterocycles. The Labute approximate surface area is 120 Å². The molecule has 0 aliphatic carbocycles. The summed E-state index contributed by atoms with van der Waals surface area (Å²) in [5.74, 6) is 0.383. The van der Waals surface area contributed by atoms with E-state index in [4.69, 9.17) is 9.47 Å². The molecule has 2 heterocycles. The summed E-state index contributed by atoms with van der Waals surface area (Å²) in [6.45, 7) is 1.21. The van der Waals surface area contributed by atoms with Crippen molar-refractivity contribution >= 4 is 26.0 Å². The highest BCUT2D eigenvalue weighted by Crippen LogP contribution is 2.27. The third-order valence-corrected chi connectivity index (χ3v) is 5.08. The predicted octanol–water partition coefficient (Wildman–Crippen LogP) is 1.26. The molecule has 6 nitrogen and oxygen atoms in total. The topological polar surface area (TPSA) is 68.7 Å². The molecule has 0 saturated carbocycles. The summed E-state index contributed by atoms with van der Waals surface area (Å²) in [5, 5.41) is 0. The first kappa shape index (κ1) is 14.7. The smallest absolute Gasteiger partial charge is 0.244 e. The Hall–Kier alpha value is -0.700. The van der Waals surface area contributed by atoms with Crippen LogP contribution in [0, 0.1) is 0 Å². The van der Waals surface area contributed by atoms with Gasteiger partial charge in [0.25, 0.3) is 0 Å². The van der Waals surface area contributed by atoms with E-state index in [0.717, 1.165) is 10.7 Å². The monoisotopic (exact) mass is 350 g/mol. The van der Waals surface area contributed by atoms with Crippen LogP contribution in [-0.4, -0.2) is 51.1 Å². The SMILES string of the molecule is CN(C)S(=O)(=O)c1cnc(O[C@H]2CCOC2)c(Br)c1. The molecule has 1 aromatic rings. The van der Waals surface area contributed by atoms with Crippen molar-refractivity contribution in [2.45, 2.75) is 17.4 Å². The maximum absolute atomic E-state index is 11.9. The number of aromatic nitrogens is 1. The fraction of sp³-hybridized carbons (Fsp3) is 0.545. The highest BCUT2D eigenvalue weighted by atomic mass is 79.9. The highest BCUT2D eigenvalue weighted by molar-refractivity contribution is 9.10. The molecule has 0 spiro atoms. The van der Waals surface area contributed by atoms with Gasteiger partial charge >= 0.3 is 0 Å². The van der Waals surface area contributed by atoms with E-state index in [0.29, 0.717) is 23.6 Å². The standard InChI is InChI=1S/C11H15BrN2O4S/c1-14(2)19(15,16)9-5-10(12)11(13-6-9)18-8-3-4-17-7-8/h5-6,8H,3-4,7H2,1-2H3/t8-/m0/s1. The van der Waals surface area contributed by atoms with Gasteiger partial charge in [-0.3, -0.25) is 0 Å². The van der Waals surface area contributed by atoms with Crippen molar-refractivity contribution in [3.05, 3.63) is 16.7 Å². The summed E-state index contributed by atoms with van der Waals surface area (Å²) in [7, 11) is -0.531. The number of hydrogen-bond donors (Lipinski definition) is 0. The predicted molar refractivity (Wildman–Crippen MR) is 72.7 cm³/mol. The van der Waals surface area contributed by atoms with Crippen molar-refractivity contribution in [2.24, 2.45) is 0 Å². The first-order valence-corrected chi connectivity index (χ1v) is 7.97. The first-order chi connectivity index (χ1) is 8.91. The molecule has 1 fully saturated rings. The fourth-order valence-electron chi connectivity index (χ4n) is 1.61. The lowest BCUT2D eigenvalue weighted by Crippen LogP contribution is -2.22. The lowest BCUT2D eigenvalue weighted by Gasteiger charge is -2.14. The lowest BCUT2D eigenvalue weighted by molar-refractivity contribution is 0.137. The zero-order valence-corrected chi connectivity index (χ0v) is 13.1. The molecule has 0 amide bonds. The highest BCUT2D eigenvalue weighted by Gasteiger charge is 2.22. The van der Waals surface area contributed by atoms with E-state index in [1.165, 1.54) is 26.4 Å². The molecule has 1 aliphatic rings. The van der Waals surface area contributed by atoms with Crippen molar-refractivity contribution < 1.29 is 17.9 Å². The van der Waals surface area contributed by atoms with Crippen molar-refractivity contribution in [1.82, 2.24) is 9.29 Å². The molecule has 1 saturated heterocycles. The van der Waals surface area contributed by atoms with Crippen LogP contribution in [-0.2, 0) is 14.8 Å². The van der Waals surface area contributed by atoms with Crippen molar-refractivity contribution in [3.8, 4) is 5.88 Å². The van der Waals surface area contributed by atoms with Crippen molar-refractivity contribution in [1.29, 1.82) is 0 Å². The third kappa shape index (κ3) is 3.25. The Kier molecular flexibility index (Phi) is 4.44. The Morgan fingerprint density at radius 1 is 1.53 bits per heavy atom. The molecule has 1 atom stereocenters. The molecule has 19 heavy (non-hydrogen) atoms. The van der Waals surface area contributed by atoms with E-state index in [2.05, 4.69) is 20.9 Å². The molecule has 0 aromatic carbocycles. The molecule has 0 unspecified atom stereocenters. The number of pyridine rings is 1. The van der Waals surface area contributed by atoms with Gasteiger partial charge in [-0.2, -0.15) is 0 Å². The van der Waals surface area contributed by atoms with Crippen LogP contribution in [0.25, 0.3) is 0 Å². The van der Waals surface area contributed by atoms with E-state index in [-0.39, 0.29) is 11.0 Å². The fourth-order valence-corrected chi connectivity index (χ4v) is 3.08. The summed E-state index contributed by atoms with van der Waals surface area (Å²) >= 11 is 3.28. The number of ether oxygens (including phenoxy) is 2. The zero-order valence-electron chi connectivity index (χ0n) is 10.7. The largest absolute Gasteiger partial charge is 0.471 e. The average Bonchev–Trinajstić information content (AvgIpc) is 2.84. The lowest BCUT2D eigenvalue weighted by atomic mass is 10.3. The maximum Gasteiger partial charge on any atom is 0.244 e. The molecule has 0 radical (unpaired) electrons. The van der Waals surface area contributed by atoms with E-state index in [1.54, 1.807) is 0 Å². The van der Waals surface area contributed by atoms with Gasteiger partial charge in [-0.25, -0.2) is 17.7 Å². The normalized spacial score (nSPS) is 19.9. The molecule has 2 rings (SSSR count). The van der Waals surface area contributed by atoms with Gasteiger partial charge in [0.15, 0.2) is 0 Å². The number of hydrogen-bond acceptors (Lipinski definition) is 5. The third-order valence-electron chi connectivity index (χ3n) is 2.73. The molecular formula is C11H15BrN2O4S. The second kappa shape index (κ2) is 5.74. The van der Waals surface area contributed by atoms with E-state index in [9.17, 15) is 8.42 Å².